The van der Waals surface area contributed by atoms with Crippen LogP contribution in [-0.2, 0) is 4.79 Å². The van der Waals surface area contributed by atoms with Crippen molar-refractivity contribution in [2.45, 2.75) is 40.5 Å². The van der Waals surface area contributed by atoms with Gasteiger partial charge >= 0.3 is 7.55 Å². The topological polar surface area (TPSA) is 40.3 Å². The summed E-state index contributed by atoms with van der Waals surface area (Å²) in [6.45, 7) is 12.2. The monoisotopic (exact) mass is 352 g/mol. The molecule has 0 fully saturated rings. The normalized spacial score (nSPS) is 15.0. The van der Waals surface area contributed by atoms with Crippen molar-refractivity contribution < 1.29 is 9.28 Å². The Morgan fingerprint density at radius 2 is 2.04 bits per heavy atom. The van der Waals surface area contributed by atoms with Gasteiger partial charge in [-0.3, -0.25) is 9.28 Å². The molecule has 0 saturated heterocycles. The quantitative estimate of drug-likeness (QED) is 0.728. The SMILES string of the molecule is CCN(CC)CCNC(=O)CCC1=[N+]2[B]n3c(C)cc(C)c3C=C2C=C1. The third-order valence-corrected chi connectivity index (χ3v) is 5.27. The van der Waals surface area contributed by atoms with Gasteiger partial charge in [0.05, 0.1) is 0 Å². The fraction of sp³-hybridized carbons (Fsp3) is 0.500. The van der Waals surface area contributed by atoms with Crippen LogP contribution in [0.4, 0.5) is 0 Å². The van der Waals surface area contributed by atoms with E-state index in [4.69, 9.17) is 0 Å². The van der Waals surface area contributed by atoms with Crippen LogP contribution >= 0.6 is 0 Å². The Morgan fingerprint density at radius 1 is 1.27 bits per heavy atom. The first-order valence-electron chi connectivity index (χ1n) is 9.60. The maximum atomic E-state index is 12.2. The number of aromatic nitrogens is 1. The lowest BCUT2D eigenvalue weighted by Gasteiger charge is -2.17. The number of aryl methyl sites for hydroxylation is 2. The second-order valence-corrected chi connectivity index (χ2v) is 6.98. The molecule has 137 valence electrons. The van der Waals surface area contributed by atoms with E-state index in [1.807, 2.05) is 0 Å². The van der Waals surface area contributed by atoms with E-state index in [1.165, 1.54) is 28.4 Å². The minimum Gasteiger partial charge on any atom is -0.355 e. The van der Waals surface area contributed by atoms with Crippen LogP contribution in [0.25, 0.3) is 6.08 Å². The lowest BCUT2D eigenvalue weighted by Crippen LogP contribution is -2.35. The van der Waals surface area contributed by atoms with Gasteiger partial charge in [-0.05, 0) is 38.6 Å². The molecule has 1 aromatic rings. The molecule has 3 heterocycles. The van der Waals surface area contributed by atoms with E-state index in [0.29, 0.717) is 6.42 Å². The highest BCUT2D eigenvalue weighted by atomic mass is 16.1. The van der Waals surface area contributed by atoms with Gasteiger partial charge in [-0.2, -0.15) is 0 Å². The van der Waals surface area contributed by atoms with Crippen LogP contribution in [0.15, 0.2) is 23.9 Å². The largest absolute Gasteiger partial charge is 0.699 e. The molecule has 1 radical (unpaired) electrons. The number of carbonyl (C=O) groups excluding carboxylic acids is 1. The molecule has 3 rings (SSSR count). The van der Waals surface area contributed by atoms with Gasteiger partial charge in [-0.15, -0.1) is 0 Å². The van der Waals surface area contributed by atoms with Crippen LogP contribution in [-0.4, -0.2) is 59.2 Å². The zero-order valence-corrected chi connectivity index (χ0v) is 16.4. The first-order valence-corrected chi connectivity index (χ1v) is 9.60. The molecular formula is C20H29BN4O+. The average molecular weight is 352 g/mol. The number of fused-ring (bicyclic) bond motifs is 2. The summed E-state index contributed by atoms with van der Waals surface area (Å²) in [4.78, 5) is 14.5. The number of likely N-dealkylation sites (N-methyl/N-ethyl adjacent to an activating group) is 1. The highest BCUT2D eigenvalue weighted by molar-refractivity contribution is 6.28. The number of allylic oxidation sites excluding steroid dienone is 2. The fourth-order valence-electron chi connectivity index (χ4n) is 3.62. The van der Waals surface area contributed by atoms with Crippen molar-refractivity contribution in [2.24, 2.45) is 0 Å². The summed E-state index contributed by atoms with van der Waals surface area (Å²) in [7, 11) is 2.14. The molecule has 0 atom stereocenters. The molecule has 1 amide bonds. The number of hydrogen-bond donors (Lipinski definition) is 1. The Balaban J connectivity index is 1.56. The van der Waals surface area contributed by atoms with Crippen molar-refractivity contribution in [3.8, 4) is 0 Å². The summed E-state index contributed by atoms with van der Waals surface area (Å²) in [5, 5.41) is 3.04. The van der Waals surface area contributed by atoms with Crippen molar-refractivity contribution in [1.29, 1.82) is 0 Å². The van der Waals surface area contributed by atoms with Crippen LogP contribution in [0.5, 0.6) is 0 Å². The van der Waals surface area contributed by atoms with Crippen LogP contribution in [0.1, 0.15) is 43.6 Å². The van der Waals surface area contributed by atoms with Crippen molar-refractivity contribution in [1.82, 2.24) is 14.7 Å². The van der Waals surface area contributed by atoms with Gasteiger partial charge in [-0.1, -0.05) is 13.8 Å². The maximum Gasteiger partial charge on any atom is 0.699 e. The van der Waals surface area contributed by atoms with Crippen LogP contribution in [0.2, 0.25) is 0 Å². The van der Waals surface area contributed by atoms with Gasteiger partial charge in [0.2, 0.25) is 5.91 Å². The van der Waals surface area contributed by atoms with Crippen LogP contribution < -0.4 is 5.32 Å². The third-order valence-electron chi connectivity index (χ3n) is 5.27. The van der Waals surface area contributed by atoms with Crippen molar-refractivity contribution >= 4 is 25.2 Å². The molecular weight excluding hydrogens is 323 g/mol. The first kappa shape index (κ1) is 18.7. The molecule has 2 aliphatic heterocycles. The Hall–Kier alpha value is -2.08. The summed E-state index contributed by atoms with van der Waals surface area (Å²) in [6, 6.07) is 2.21. The highest BCUT2D eigenvalue weighted by Gasteiger charge is 2.33. The van der Waals surface area contributed by atoms with Gasteiger partial charge in [-0.25, -0.2) is 0 Å². The molecule has 0 saturated carbocycles. The van der Waals surface area contributed by atoms with Crippen LogP contribution in [0.3, 0.4) is 0 Å². The Morgan fingerprint density at radius 3 is 2.77 bits per heavy atom. The number of hydrogen-bond acceptors (Lipinski definition) is 2. The molecule has 26 heavy (non-hydrogen) atoms. The number of nitrogens with one attached hydrogen (secondary N) is 1. The molecule has 1 aromatic heterocycles. The molecule has 2 aliphatic rings. The lowest BCUT2D eigenvalue weighted by atomic mass is 10.0. The van der Waals surface area contributed by atoms with E-state index in [0.717, 1.165) is 32.6 Å². The molecule has 0 spiro atoms. The molecule has 5 nitrogen and oxygen atoms in total. The predicted molar refractivity (Wildman–Crippen MR) is 107 cm³/mol. The zero-order chi connectivity index (χ0) is 18.7. The number of nitrogens with zero attached hydrogens (tertiary/aromatic N) is 3. The Labute approximate surface area is 157 Å². The first-order chi connectivity index (χ1) is 12.5. The van der Waals surface area contributed by atoms with Gasteiger partial charge < -0.3 is 14.7 Å². The molecule has 1 N–H and O–H groups in total. The van der Waals surface area contributed by atoms with Crippen LogP contribution in [0, 0.1) is 13.8 Å². The van der Waals surface area contributed by atoms with Gasteiger partial charge in [0.15, 0.2) is 11.4 Å². The predicted octanol–water partition coefficient (Wildman–Crippen LogP) is 2.10. The molecule has 0 aromatic carbocycles. The molecule has 0 aliphatic carbocycles. The standard InChI is InChI=1S/C20H29BN4O/c1-5-23(6-2)12-11-22-20(26)10-9-17-7-8-18-14-19-15(3)13-16(4)24(19)21-25(17)18/h7-8,13-14H,5-6,9-12H2,1-4H3,(H,22,26)/q+1. The number of carbonyl (C=O) groups is 1. The highest BCUT2D eigenvalue weighted by Crippen LogP contribution is 2.24. The molecule has 0 bridgehead atoms. The van der Waals surface area contributed by atoms with E-state index in [-0.39, 0.29) is 5.91 Å². The van der Waals surface area contributed by atoms with E-state index in [2.05, 4.69) is 78.7 Å². The summed E-state index contributed by atoms with van der Waals surface area (Å²) in [6.07, 6.45) is 7.75. The fourth-order valence-corrected chi connectivity index (χ4v) is 3.62. The lowest BCUT2D eigenvalue weighted by molar-refractivity contribution is -0.314. The third kappa shape index (κ3) is 3.85. The van der Waals surface area contributed by atoms with Crippen molar-refractivity contribution in [2.75, 3.05) is 26.2 Å². The Bertz CT molecular complexity index is 784. The van der Waals surface area contributed by atoms with Gasteiger partial charge in [0, 0.05) is 55.5 Å². The van der Waals surface area contributed by atoms with E-state index in [1.54, 1.807) is 0 Å². The maximum absolute atomic E-state index is 12.2. The summed E-state index contributed by atoms with van der Waals surface area (Å²) >= 11 is 0. The van der Waals surface area contributed by atoms with E-state index in [9.17, 15) is 4.79 Å². The zero-order valence-electron chi connectivity index (χ0n) is 16.4. The number of amides is 1. The van der Waals surface area contributed by atoms with Gasteiger partial charge in [0.25, 0.3) is 0 Å². The minimum absolute atomic E-state index is 0.126. The van der Waals surface area contributed by atoms with Crippen molar-refractivity contribution in [3.63, 3.8) is 0 Å². The summed E-state index contributed by atoms with van der Waals surface area (Å²) in [5.41, 5.74) is 6.12. The van der Waals surface area contributed by atoms with Gasteiger partial charge in [0.1, 0.15) is 0 Å². The van der Waals surface area contributed by atoms with Crippen molar-refractivity contribution in [3.05, 3.63) is 40.9 Å². The average Bonchev–Trinajstić information content (AvgIpc) is 3.16. The summed E-state index contributed by atoms with van der Waals surface area (Å²) < 4.78 is 4.42. The van der Waals surface area contributed by atoms with E-state index >= 15 is 0 Å². The number of rotatable bonds is 8. The van der Waals surface area contributed by atoms with E-state index < -0.39 is 0 Å². The molecule has 0 unspecified atom stereocenters. The summed E-state index contributed by atoms with van der Waals surface area (Å²) in [5.74, 6) is 0.126. The smallest absolute Gasteiger partial charge is 0.355 e. The Kier molecular flexibility index (Phi) is 5.82. The second kappa shape index (κ2) is 8.08. The molecule has 6 heteroatoms. The minimum atomic E-state index is 0.126. The second-order valence-electron chi connectivity index (χ2n) is 6.98.